The van der Waals surface area contributed by atoms with Crippen LogP contribution in [0.5, 0.6) is 5.75 Å². The number of hydrogen-bond acceptors (Lipinski definition) is 5. The molecule has 2 rings (SSSR count). The van der Waals surface area contributed by atoms with E-state index in [0.29, 0.717) is 24.5 Å². The summed E-state index contributed by atoms with van der Waals surface area (Å²) in [6.07, 6.45) is -0.473. The van der Waals surface area contributed by atoms with E-state index in [1.54, 1.807) is 18.2 Å². The van der Waals surface area contributed by atoms with Gasteiger partial charge in [-0.1, -0.05) is 24.3 Å². The predicted molar refractivity (Wildman–Crippen MR) is 103 cm³/mol. The summed E-state index contributed by atoms with van der Waals surface area (Å²) in [7, 11) is 1.36. The topological polar surface area (TPSA) is 73.9 Å². The van der Waals surface area contributed by atoms with E-state index in [2.05, 4.69) is 5.32 Å². The minimum Gasteiger partial charge on any atom is -0.492 e. The van der Waals surface area contributed by atoms with Gasteiger partial charge >= 0.3 is 12.1 Å². The van der Waals surface area contributed by atoms with Crippen LogP contribution in [0.4, 0.5) is 4.79 Å². The van der Waals surface area contributed by atoms with E-state index in [9.17, 15) is 9.59 Å². The fourth-order valence-electron chi connectivity index (χ4n) is 2.35. The third-order valence-corrected chi connectivity index (χ3v) is 3.49. The highest BCUT2D eigenvalue weighted by molar-refractivity contribution is 5.91. The zero-order valence-corrected chi connectivity index (χ0v) is 16.1. The Morgan fingerprint density at radius 2 is 1.67 bits per heavy atom. The van der Waals surface area contributed by atoms with Gasteiger partial charge in [-0.15, -0.1) is 0 Å². The summed E-state index contributed by atoms with van der Waals surface area (Å²) in [6, 6.07) is 14.7. The first-order valence-electron chi connectivity index (χ1n) is 8.67. The molecule has 0 aliphatic carbocycles. The zero-order chi connectivity index (χ0) is 19.9. The van der Waals surface area contributed by atoms with E-state index < -0.39 is 11.7 Å². The van der Waals surface area contributed by atoms with Crippen LogP contribution in [0.3, 0.4) is 0 Å². The molecule has 0 fully saturated rings. The summed E-state index contributed by atoms with van der Waals surface area (Å²) in [5, 5.41) is 2.64. The van der Waals surface area contributed by atoms with E-state index in [1.807, 2.05) is 51.1 Å². The predicted octanol–water partition coefficient (Wildman–Crippen LogP) is 4.04. The van der Waals surface area contributed by atoms with Gasteiger partial charge in [-0.2, -0.15) is 0 Å². The van der Waals surface area contributed by atoms with Crippen LogP contribution in [-0.4, -0.2) is 37.9 Å². The maximum absolute atomic E-state index is 11.7. The van der Waals surface area contributed by atoms with Gasteiger partial charge in [0, 0.05) is 0 Å². The van der Waals surface area contributed by atoms with Crippen molar-refractivity contribution in [1.82, 2.24) is 5.32 Å². The number of nitrogens with one attached hydrogen (secondary N) is 1. The molecule has 0 atom stereocenters. The largest absolute Gasteiger partial charge is 0.492 e. The third-order valence-electron chi connectivity index (χ3n) is 3.49. The zero-order valence-electron chi connectivity index (χ0n) is 16.1. The Morgan fingerprint density at radius 1 is 1.00 bits per heavy atom. The van der Waals surface area contributed by atoms with Crippen LogP contribution in [0.2, 0.25) is 0 Å². The molecular weight excluding hydrogens is 346 g/mol. The molecular formula is C21H25NO5. The smallest absolute Gasteiger partial charge is 0.407 e. The van der Waals surface area contributed by atoms with Crippen molar-refractivity contribution in [3.05, 3.63) is 54.1 Å². The first-order chi connectivity index (χ1) is 12.8. The molecule has 144 valence electrons. The SMILES string of the molecule is COC(=O)c1cccc(-c2cccc(OCCNC(=O)OC(C)(C)C)c2)c1. The molecule has 2 aromatic rings. The number of esters is 1. The molecule has 0 bridgehead atoms. The maximum atomic E-state index is 11.7. The van der Waals surface area contributed by atoms with Gasteiger partial charge in [0.2, 0.25) is 0 Å². The number of alkyl carbamates (subject to hydrolysis) is 1. The quantitative estimate of drug-likeness (QED) is 0.613. The second-order valence-electron chi connectivity index (χ2n) is 6.88. The average molecular weight is 371 g/mol. The Bertz CT molecular complexity index is 795. The number of rotatable bonds is 6. The lowest BCUT2D eigenvalue weighted by Gasteiger charge is -2.19. The summed E-state index contributed by atoms with van der Waals surface area (Å²) in [5.41, 5.74) is 1.76. The van der Waals surface area contributed by atoms with Crippen molar-refractivity contribution < 1.29 is 23.8 Å². The van der Waals surface area contributed by atoms with E-state index in [-0.39, 0.29) is 5.97 Å². The third kappa shape index (κ3) is 6.66. The number of benzene rings is 2. The lowest BCUT2D eigenvalue weighted by atomic mass is 10.0. The van der Waals surface area contributed by atoms with Crippen LogP contribution >= 0.6 is 0 Å². The molecule has 0 saturated carbocycles. The highest BCUT2D eigenvalue weighted by atomic mass is 16.6. The monoisotopic (exact) mass is 371 g/mol. The van der Waals surface area contributed by atoms with Gasteiger partial charge < -0.3 is 19.5 Å². The minimum absolute atomic E-state index is 0.310. The summed E-state index contributed by atoms with van der Waals surface area (Å²) in [5.74, 6) is 0.291. The molecule has 1 N–H and O–H groups in total. The molecule has 0 saturated heterocycles. The van der Waals surface area contributed by atoms with E-state index in [1.165, 1.54) is 7.11 Å². The summed E-state index contributed by atoms with van der Waals surface area (Å²) < 4.78 is 15.6. The molecule has 0 aromatic heterocycles. The second kappa shape index (κ2) is 9.07. The lowest BCUT2D eigenvalue weighted by molar-refractivity contribution is 0.0519. The van der Waals surface area contributed by atoms with E-state index in [4.69, 9.17) is 14.2 Å². The Balaban J connectivity index is 1.94. The Kier molecular flexibility index (Phi) is 6.82. The standard InChI is InChI=1S/C21H25NO5/c1-21(2,3)27-20(24)22-11-12-26-18-10-6-8-16(14-18)15-7-5-9-17(13-15)19(23)25-4/h5-10,13-14H,11-12H2,1-4H3,(H,22,24). The molecule has 27 heavy (non-hydrogen) atoms. The maximum Gasteiger partial charge on any atom is 0.407 e. The molecule has 0 heterocycles. The highest BCUT2D eigenvalue weighted by Crippen LogP contribution is 2.25. The van der Waals surface area contributed by atoms with Gasteiger partial charge in [-0.3, -0.25) is 0 Å². The number of carbonyl (C=O) groups is 2. The number of methoxy groups -OCH3 is 1. The summed E-state index contributed by atoms with van der Waals surface area (Å²) >= 11 is 0. The second-order valence-corrected chi connectivity index (χ2v) is 6.88. The Labute approximate surface area is 159 Å². The fraction of sp³-hybridized carbons (Fsp3) is 0.333. The Hall–Kier alpha value is -3.02. The number of ether oxygens (including phenoxy) is 3. The molecule has 2 aromatic carbocycles. The average Bonchev–Trinajstić information content (AvgIpc) is 2.63. The van der Waals surface area contributed by atoms with Gasteiger partial charge in [0.15, 0.2) is 0 Å². The fourth-order valence-corrected chi connectivity index (χ4v) is 2.35. The Morgan fingerprint density at radius 3 is 2.33 bits per heavy atom. The van der Waals surface area contributed by atoms with Gasteiger partial charge in [-0.25, -0.2) is 9.59 Å². The summed E-state index contributed by atoms with van der Waals surface area (Å²) in [4.78, 5) is 23.3. The van der Waals surface area contributed by atoms with Crippen molar-refractivity contribution in [3.8, 4) is 16.9 Å². The van der Waals surface area contributed by atoms with Crippen LogP contribution < -0.4 is 10.1 Å². The van der Waals surface area contributed by atoms with Crippen molar-refractivity contribution >= 4 is 12.1 Å². The minimum atomic E-state index is -0.530. The van der Waals surface area contributed by atoms with Crippen LogP contribution in [0.25, 0.3) is 11.1 Å². The molecule has 1 amide bonds. The molecule has 6 heteroatoms. The lowest BCUT2D eigenvalue weighted by Crippen LogP contribution is -2.34. The molecule has 0 aliphatic heterocycles. The van der Waals surface area contributed by atoms with Crippen molar-refractivity contribution in [2.75, 3.05) is 20.3 Å². The number of hydrogen-bond donors (Lipinski definition) is 1. The van der Waals surface area contributed by atoms with Crippen LogP contribution in [0, 0.1) is 0 Å². The van der Waals surface area contributed by atoms with E-state index in [0.717, 1.165) is 11.1 Å². The van der Waals surface area contributed by atoms with Crippen LogP contribution in [0.1, 0.15) is 31.1 Å². The normalized spacial score (nSPS) is 10.8. The number of carbonyl (C=O) groups excluding carboxylic acids is 2. The van der Waals surface area contributed by atoms with Gasteiger partial charge in [0.05, 0.1) is 19.2 Å². The van der Waals surface area contributed by atoms with Crippen LogP contribution in [-0.2, 0) is 9.47 Å². The van der Waals surface area contributed by atoms with E-state index >= 15 is 0 Å². The van der Waals surface area contributed by atoms with Crippen molar-refractivity contribution in [2.24, 2.45) is 0 Å². The van der Waals surface area contributed by atoms with Crippen molar-refractivity contribution in [2.45, 2.75) is 26.4 Å². The molecule has 0 radical (unpaired) electrons. The summed E-state index contributed by atoms with van der Waals surface area (Å²) in [6.45, 7) is 6.07. The number of amides is 1. The molecule has 0 aliphatic rings. The van der Waals surface area contributed by atoms with Gasteiger partial charge in [0.1, 0.15) is 18.0 Å². The van der Waals surface area contributed by atoms with Crippen LogP contribution in [0.15, 0.2) is 48.5 Å². The molecule has 0 spiro atoms. The van der Waals surface area contributed by atoms with Gasteiger partial charge in [0.25, 0.3) is 0 Å². The molecule has 6 nitrogen and oxygen atoms in total. The first kappa shape index (κ1) is 20.3. The van der Waals surface area contributed by atoms with Crippen molar-refractivity contribution in [1.29, 1.82) is 0 Å². The van der Waals surface area contributed by atoms with Crippen molar-refractivity contribution in [3.63, 3.8) is 0 Å². The first-order valence-corrected chi connectivity index (χ1v) is 8.67. The molecule has 0 unspecified atom stereocenters. The van der Waals surface area contributed by atoms with Gasteiger partial charge in [-0.05, 0) is 56.2 Å². The highest BCUT2D eigenvalue weighted by Gasteiger charge is 2.15.